The minimum atomic E-state index is -3.81. The number of halogens is 2. The predicted octanol–water partition coefficient (Wildman–Crippen LogP) is 6.77. The molecule has 9 heteroatoms. The highest BCUT2D eigenvalue weighted by Crippen LogP contribution is 2.36. The minimum absolute atomic E-state index is 0.0228. The molecule has 0 heterocycles. The van der Waals surface area contributed by atoms with Crippen LogP contribution in [-0.2, 0) is 8.87 Å². The summed E-state index contributed by atoms with van der Waals surface area (Å²) in [6.45, 7) is 1.87. The van der Waals surface area contributed by atoms with Crippen LogP contribution in [0.1, 0.15) is 26.3 Å². The van der Waals surface area contributed by atoms with Gasteiger partial charge in [-0.2, -0.15) is 0 Å². The summed E-state index contributed by atoms with van der Waals surface area (Å²) in [7, 11) is -3.24. The summed E-state index contributed by atoms with van der Waals surface area (Å²) in [5.41, 5.74) is 1.82. The van der Waals surface area contributed by atoms with Gasteiger partial charge >= 0.3 is 0 Å². The Hall–Kier alpha value is -1.39. The molecule has 0 amide bonds. The third kappa shape index (κ3) is 6.81. The molecule has 0 aliphatic carbocycles. The van der Waals surface area contributed by atoms with Gasteiger partial charge in [0.2, 0.25) is 8.87 Å². The normalized spacial score (nSPS) is 12.3. The second kappa shape index (κ2) is 11.2. The first-order chi connectivity index (χ1) is 15.2. The Morgan fingerprint density at radius 3 is 1.84 bits per heavy atom. The van der Waals surface area contributed by atoms with Crippen LogP contribution in [0.2, 0.25) is 0 Å². The molecule has 32 heavy (non-hydrogen) atoms. The monoisotopic (exact) mass is 612 g/mol. The van der Waals surface area contributed by atoms with E-state index in [1.807, 2.05) is 6.92 Å². The minimum Gasteiger partial charge on any atom is -0.293 e. The van der Waals surface area contributed by atoms with Crippen LogP contribution in [0, 0.1) is 6.92 Å². The maximum atomic E-state index is 13.2. The van der Waals surface area contributed by atoms with Crippen molar-refractivity contribution in [3.05, 3.63) is 98.4 Å². The van der Waals surface area contributed by atoms with Gasteiger partial charge in [0.1, 0.15) is 4.58 Å². The zero-order chi connectivity index (χ0) is 23.3. The number of benzene rings is 3. The van der Waals surface area contributed by atoms with Gasteiger partial charge < -0.3 is 0 Å². The SMILES string of the molecule is Cc1ccc(S(=O)(=O)S[C@H](SCC(=O)c2ccc(Br)cc2)C(=O)c2ccc(Br)cc2)cc1. The summed E-state index contributed by atoms with van der Waals surface area (Å²) in [5.74, 6) is -0.554. The summed E-state index contributed by atoms with van der Waals surface area (Å²) in [6, 6.07) is 20.1. The van der Waals surface area contributed by atoms with Crippen molar-refractivity contribution in [1.82, 2.24) is 0 Å². The molecular formula is C23H18Br2O4S3. The average molecular weight is 614 g/mol. The number of rotatable bonds is 9. The second-order valence-electron chi connectivity index (χ2n) is 6.81. The molecule has 4 nitrogen and oxygen atoms in total. The van der Waals surface area contributed by atoms with Crippen molar-refractivity contribution in [2.24, 2.45) is 0 Å². The van der Waals surface area contributed by atoms with Crippen LogP contribution < -0.4 is 0 Å². The number of Topliss-reactive ketones (excluding diaryl/α,β-unsaturated/α-hetero) is 2. The van der Waals surface area contributed by atoms with Crippen molar-refractivity contribution in [3.8, 4) is 0 Å². The first-order valence-corrected chi connectivity index (χ1v) is 14.9. The van der Waals surface area contributed by atoms with E-state index in [-0.39, 0.29) is 22.2 Å². The molecule has 0 bridgehead atoms. The van der Waals surface area contributed by atoms with E-state index in [1.165, 1.54) is 12.1 Å². The quantitative estimate of drug-likeness (QED) is 0.151. The summed E-state index contributed by atoms with van der Waals surface area (Å²) in [4.78, 5) is 25.9. The van der Waals surface area contributed by atoms with Gasteiger partial charge in [0.05, 0.1) is 10.6 Å². The molecule has 1 atom stereocenters. The van der Waals surface area contributed by atoms with Crippen LogP contribution in [-0.4, -0.2) is 30.3 Å². The first-order valence-electron chi connectivity index (χ1n) is 9.36. The third-order valence-electron chi connectivity index (χ3n) is 4.40. The molecule has 3 aromatic carbocycles. The van der Waals surface area contributed by atoms with Crippen LogP contribution in [0.4, 0.5) is 0 Å². The van der Waals surface area contributed by atoms with Crippen LogP contribution in [0.15, 0.2) is 86.6 Å². The highest BCUT2D eigenvalue weighted by molar-refractivity contribution is 9.10. The van der Waals surface area contributed by atoms with E-state index in [4.69, 9.17) is 0 Å². The number of carbonyl (C=O) groups excluding carboxylic acids is 2. The van der Waals surface area contributed by atoms with Crippen molar-refractivity contribution in [2.45, 2.75) is 16.4 Å². The molecule has 0 fully saturated rings. The van der Waals surface area contributed by atoms with E-state index >= 15 is 0 Å². The largest absolute Gasteiger partial charge is 0.293 e. The Labute approximate surface area is 212 Å². The number of hydrogen-bond donors (Lipinski definition) is 0. The maximum Gasteiger partial charge on any atom is 0.231 e. The van der Waals surface area contributed by atoms with Gasteiger partial charge in [-0.05, 0) is 54.1 Å². The Kier molecular flexibility index (Phi) is 8.80. The molecule has 3 rings (SSSR count). The van der Waals surface area contributed by atoms with Crippen molar-refractivity contribution >= 4 is 74.9 Å². The van der Waals surface area contributed by atoms with Gasteiger partial charge in [0.25, 0.3) is 0 Å². The molecule has 166 valence electrons. The van der Waals surface area contributed by atoms with E-state index in [1.54, 1.807) is 60.7 Å². The predicted molar refractivity (Wildman–Crippen MR) is 139 cm³/mol. The molecule has 0 N–H and O–H groups in total. The molecule has 0 aliphatic rings. The van der Waals surface area contributed by atoms with Crippen LogP contribution >= 0.6 is 54.4 Å². The van der Waals surface area contributed by atoms with Gasteiger partial charge in [0, 0.05) is 20.1 Å². The summed E-state index contributed by atoms with van der Waals surface area (Å²) >= 11 is 7.69. The molecule has 0 aliphatic heterocycles. The van der Waals surface area contributed by atoms with Gasteiger partial charge in [-0.3, -0.25) is 9.59 Å². The van der Waals surface area contributed by atoms with E-state index < -0.39 is 13.5 Å². The Morgan fingerprint density at radius 1 is 0.812 bits per heavy atom. The topological polar surface area (TPSA) is 68.3 Å². The Morgan fingerprint density at radius 2 is 1.31 bits per heavy atom. The highest BCUT2D eigenvalue weighted by Gasteiger charge is 2.30. The van der Waals surface area contributed by atoms with E-state index in [9.17, 15) is 18.0 Å². The lowest BCUT2D eigenvalue weighted by atomic mass is 10.1. The van der Waals surface area contributed by atoms with Crippen LogP contribution in [0.25, 0.3) is 0 Å². The van der Waals surface area contributed by atoms with Gasteiger partial charge in [-0.1, -0.05) is 73.8 Å². The average Bonchev–Trinajstić information content (AvgIpc) is 2.77. The van der Waals surface area contributed by atoms with Crippen molar-refractivity contribution in [2.75, 3.05) is 5.75 Å². The smallest absolute Gasteiger partial charge is 0.231 e. The van der Waals surface area contributed by atoms with Crippen molar-refractivity contribution in [3.63, 3.8) is 0 Å². The van der Waals surface area contributed by atoms with Gasteiger partial charge in [-0.25, -0.2) is 8.42 Å². The summed E-state index contributed by atoms with van der Waals surface area (Å²) in [6.07, 6.45) is 0. The lowest BCUT2D eigenvalue weighted by Gasteiger charge is -2.15. The lowest BCUT2D eigenvalue weighted by molar-refractivity contribution is 0.101. The third-order valence-corrected chi connectivity index (χ3v) is 10.9. The van der Waals surface area contributed by atoms with Crippen LogP contribution in [0.5, 0.6) is 0 Å². The second-order valence-corrected chi connectivity index (χ2v) is 14.0. The standard InChI is InChI=1S/C23H18Br2O4S3/c1-15-2-12-20(13-3-15)32(28,29)31-23(22(27)17-6-10-19(25)11-7-17)30-14-21(26)16-4-8-18(24)9-5-16/h2-13,23H,14H2,1H3/t23-/m0/s1. The molecule has 0 spiro atoms. The fraction of sp³-hybridized carbons (Fsp3) is 0.130. The van der Waals surface area contributed by atoms with E-state index in [0.717, 1.165) is 26.3 Å². The highest BCUT2D eigenvalue weighted by atomic mass is 79.9. The number of aryl methyl sites for hydroxylation is 1. The van der Waals surface area contributed by atoms with Crippen LogP contribution in [0.3, 0.4) is 0 Å². The summed E-state index contributed by atoms with van der Waals surface area (Å²) in [5, 5.41) is 0. The molecular weight excluding hydrogens is 596 g/mol. The first kappa shape index (κ1) is 25.2. The molecule has 0 saturated carbocycles. The maximum absolute atomic E-state index is 13.2. The number of carbonyl (C=O) groups is 2. The molecule has 0 radical (unpaired) electrons. The molecule has 0 aromatic heterocycles. The molecule has 0 unspecified atom stereocenters. The lowest BCUT2D eigenvalue weighted by Crippen LogP contribution is -2.19. The van der Waals surface area contributed by atoms with E-state index in [0.29, 0.717) is 21.9 Å². The number of thioether (sulfide) groups is 1. The fourth-order valence-electron chi connectivity index (χ4n) is 2.64. The fourth-order valence-corrected chi connectivity index (χ4v) is 8.44. The van der Waals surface area contributed by atoms with Gasteiger partial charge in [0.15, 0.2) is 11.6 Å². The van der Waals surface area contributed by atoms with Crippen molar-refractivity contribution < 1.29 is 18.0 Å². The molecule has 3 aromatic rings. The van der Waals surface area contributed by atoms with E-state index in [2.05, 4.69) is 31.9 Å². The number of hydrogen-bond acceptors (Lipinski definition) is 6. The zero-order valence-electron chi connectivity index (χ0n) is 16.8. The Bertz CT molecular complexity index is 1210. The van der Waals surface area contributed by atoms with Gasteiger partial charge in [-0.15, -0.1) is 11.8 Å². The zero-order valence-corrected chi connectivity index (χ0v) is 22.4. The Balaban J connectivity index is 1.84. The molecule has 0 saturated heterocycles. The number of ketones is 2. The summed E-state index contributed by atoms with van der Waals surface area (Å²) < 4.78 is 26.7. The van der Waals surface area contributed by atoms with Crippen molar-refractivity contribution in [1.29, 1.82) is 0 Å².